The number of rotatable bonds is 6. The fraction of sp³-hybridized carbons (Fsp3) is 0.174. The summed E-state index contributed by atoms with van der Waals surface area (Å²) < 4.78 is 0. The maximum Gasteiger partial charge on any atom is 0.274 e. The third kappa shape index (κ3) is 5.04. The Morgan fingerprint density at radius 2 is 1.71 bits per heavy atom. The number of hydrogen-bond donors (Lipinski definition) is 2. The molecule has 0 atom stereocenters. The number of amides is 2. The molecule has 0 aliphatic rings. The lowest BCUT2D eigenvalue weighted by molar-refractivity contribution is 0.0954. The van der Waals surface area contributed by atoms with Crippen LogP contribution in [0, 0.1) is 13.8 Å². The highest BCUT2D eigenvalue weighted by Crippen LogP contribution is 2.17. The summed E-state index contributed by atoms with van der Waals surface area (Å²) in [6, 6.07) is 18.9. The fourth-order valence-corrected chi connectivity index (χ4v) is 2.90. The van der Waals surface area contributed by atoms with Gasteiger partial charge in [0.15, 0.2) is 0 Å². The van der Waals surface area contributed by atoms with Crippen LogP contribution in [0.5, 0.6) is 0 Å². The van der Waals surface area contributed by atoms with Crippen molar-refractivity contribution in [2.24, 2.45) is 0 Å². The average molecular weight is 373 g/mol. The van der Waals surface area contributed by atoms with Crippen molar-refractivity contribution in [3.05, 3.63) is 94.8 Å². The van der Waals surface area contributed by atoms with Gasteiger partial charge >= 0.3 is 0 Å². The average Bonchev–Trinajstić information content (AvgIpc) is 2.71. The van der Waals surface area contributed by atoms with E-state index in [9.17, 15) is 9.59 Å². The maximum absolute atomic E-state index is 12.5. The number of aromatic nitrogens is 1. The molecule has 2 aromatic carbocycles. The summed E-state index contributed by atoms with van der Waals surface area (Å²) >= 11 is 0. The molecule has 5 heteroatoms. The van der Waals surface area contributed by atoms with Crippen LogP contribution in [0.4, 0.5) is 5.69 Å². The zero-order valence-electron chi connectivity index (χ0n) is 16.0. The lowest BCUT2D eigenvalue weighted by Crippen LogP contribution is -2.26. The topological polar surface area (TPSA) is 71.1 Å². The van der Waals surface area contributed by atoms with Crippen LogP contribution in [0.15, 0.2) is 66.9 Å². The van der Waals surface area contributed by atoms with E-state index in [1.165, 1.54) is 12.3 Å². The van der Waals surface area contributed by atoms with Crippen LogP contribution in [0.2, 0.25) is 0 Å². The van der Waals surface area contributed by atoms with Gasteiger partial charge in [-0.15, -0.1) is 0 Å². The van der Waals surface area contributed by atoms with E-state index in [0.29, 0.717) is 12.1 Å². The van der Waals surface area contributed by atoms with Crippen LogP contribution in [0.3, 0.4) is 0 Å². The molecule has 28 heavy (non-hydrogen) atoms. The van der Waals surface area contributed by atoms with Crippen molar-refractivity contribution in [2.75, 3.05) is 11.9 Å². The van der Waals surface area contributed by atoms with Gasteiger partial charge in [0.2, 0.25) is 0 Å². The first-order valence-electron chi connectivity index (χ1n) is 9.20. The Hall–Kier alpha value is -3.47. The van der Waals surface area contributed by atoms with Gasteiger partial charge in [-0.2, -0.15) is 0 Å². The number of carbonyl (C=O) groups excluding carboxylic acids is 2. The maximum atomic E-state index is 12.5. The monoisotopic (exact) mass is 373 g/mol. The number of benzene rings is 2. The first-order valence-corrected chi connectivity index (χ1v) is 9.20. The molecule has 0 bridgehead atoms. The fourth-order valence-electron chi connectivity index (χ4n) is 2.90. The van der Waals surface area contributed by atoms with E-state index < -0.39 is 0 Å². The number of carbonyl (C=O) groups is 2. The molecule has 1 aromatic heterocycles. The zero-order valence-corrected chi connectivity index (χ0v) is 16.0. The summed E-state index contributed by atoms with van der Waals surface area (Å²) in [5.74, 6) is -0.565. The van der Waals surface area contributed by atoms with Gasteiger partial charge in [0.1, 0.15) is 5.69 Å². The molecule has 0 aliphatic carbocycles. The Balaban J connectivity index is 1.62. The molecule has 5 nitrogen and oxygen atoms in total. The van der Waals surface area contributed by atoms with E-state index in [1.807, 2.05) is 62.4 Å². The molecule has 0 unspecified atom stereocenters. The largest absolute Gasteiger partial charge is 0.352 e. The molecular weight excluding hydrogens is 350 g/mol. The van der Waals surface area contributed by atoms with Gasteiger partial charge in [-0.1, -0.05) is 48.0 Å². The molecule has 142 valence electrons. The van der Waals surface area contributed by atoms with Gasteiger partial charge in [-0.25, -0.2) is 0 Å². The minimum atomic E-state index is -0.342. The number of aryl methyl sites for hydroxylation is 2. The molecule has 0 radical (unpaired) electrons. The molecule has 0 saturated carbocycles. The van der Waals surface area contributed by atoms with Gasteiger partial charge in [0, 0.05) is 24.0 Å². The summed E-state index contributed by atoms with van der Waals surface area (Å²) in [6.07, 6.45) is 2.22. The van der Waals surface area contributed by atoms with E-state index in [2.05, 4.69) is 15.6 Å². The lowest BCUT2D eigenvalue weighted by Gasteiger charge is -2.10. The quantitative estimate of drug-likeness (QED) is 0.688. The second-order valence-electron chi connectivity index (χ2n) is 6.69. The third-order valence-corrected chi connectivity index (χ3v) is 4.43. The Kier molecular flexibility index (Phi) is 6.17. The normalized spacial score (nSPS) is 10.4. The summed E-state index contributed by atoms with van der Waals surface area (Å²) in [4.78, 5) is 29.0. The first kappa shape index (κ1) is 19.3. The van der Waals surface area contributed by atoms with Gasteiger partial charge in [-0.05, 0) is 49.6 Å². The number of hydrogen-bond acceptors (Lipinski definition) is 3. The van der Waals surface area contributed by atoms with Gasteiger partial charge in [0.25, 0.3) is 11.8 Å². The van der Waals surface area contributed by atoms with Crippen molar-refractivity contribution in [1.29, 1.82) is 0 Å². The molecule has 1 heterocycles. The molecule has 0 saturated heterocycles. The predicted octanol–water partition coefficient (Wildman–Crippen LogP) is 3.92. The summed E-state index contributed by atoms with van der Waals surface area (Å²) in [7, 11) is 0. The number of pyridine rings is 1. The Labute approximate surface area is 164 Å². The SMILES string of the molecule is Cc1ccc(NC(=O)c2cc(C(=O)NCCc3ccccc3)ccn2)c(C)c1. The first-order chi connectivity index (χ1) is 13.5. The van der Waals surface area contributed by atoms with Crippen LogP contribution >= 0.6 is 0 Å². The van der Waals surface area contributed by atoms with Crippen molar-refractivity contribution in [1.82, 2.24) is 10.3 Å². The summed E-state index contributed by atoms with van der Waals surface area (Å²) in [6.45, 7) is 4.46. The van der Waals surface area contributed by atoms with E-state index in [1.54, 1.807) is 6.07 Å². The zero-order chi connectivity index (χ0) is 19.9. The molecule has 3 rings (SSSR count). The smallest absolute Gasteiger partial charge is 0.274 e. The number of nitrogens with one attached hydrogen (secondary N) is 2. The molecule has 0 fully saturated rings. The standard InChI is InChI=1S/C23H23N3O2/c1-16-8-9-20(17(2)14-16)26-23(28)21-15-19(11-13-24-21)22(27)25-12-10-18-6-4-3-5-7-18/h3-9,11,13-15H,10,12H2,1-2H3,(H,25,27)(H,26,28). The minimum absolute atomic E-state index is 0.204. The van der Waals surface area contributed by atoms with Gasteiger partial charge in [0.05, 0.1) is 0 Å². The van der Waals surface area contributed by atoms with Crippen LogP contribution in [-0.4, -0.2) is 23.3 Å². The van der Waals surface area contributed by atoms with Crippen molar-refractivity contribution in [3.63, 3.8) is 0 Å². The molecule has 3 aromatic rings. The molecule has 2 amide bonds. The van der Waals surface area contributed by atoms with Crippen LogP contribution < -0.4 is 10.6 Å². The van der Waals surface area contributed by atoms with Crippen molar-refractivity contribution < 1.29 is 9.59 Å². The lowest BCUT2D eigenvalue weighted by atomic mass is 10.1. The number of nitrogens with zero attached hydrogens (tertiary/aromatic N) is 1. The predicted molar refractivity (Wildman–Crippen MR) is 111 cm³/mol. The highest BCUT2D eigenvalue weighted by molar-refractivity contribution is 6.05. The highest BCUT2D eigenvalue weighted by Gasteiger charge is 2.13. The summed E-state index contributed by atoms with van der Waals surface area (Å²) in [5, 5.41) is 5.73. The van der Waals surface area contributed by atoms with E-state index in [4.69, 9.17) is 0 Å². The van der Waals surface area contributed by atoms with Crippen LogP contribution in [-0.2, 0) is 6.42 Å². The molecule has 0 aliphatic heterocycles. The highest BCUT2D eigenvalue weighted by atomic mass is 16.2. The van der Waals surface area contributed by atoms with Crippen LogP contribution in [0.25, 0.3) is 0 Å². The molecule has 2 N–H and O–H groups in total. The Morgan fingerprint density at radius 3 is 2.46 bits per heavy atom. The number of anilines is 1. The van der Waals surface area contributed by atoms with E-state index in [0.717, 1.165) is 28.8 Å². The second-order valence-corrected chi connectivity index (χ2v) is 6.69. The summed E-state index contributed by atoms with van der Waals surface area (Å²) in [5.41, 5.74) is 4.61. The Bertz CT molecular complexity index is 984. The van der Waals surface area contributed by atoms with Crippen molar-refractivity contribution >= 4 is 17.5 Å². The second kappa shape index (κ2) is 8.95. The van der Waals surface area contributed by atoms with Gasteiger partial charge < -0.3 is 10.6 Å². The molecule has 0 spiro atoms. The van der Waals surface area contributed by atoms with Crippen molar-refractivity contribution in [2.45, 2.75) is 20.3 Å². The Morgan fingerprint density at radius 1 is 0.929 bits per heavy atom. The van der Waals surface area contributed by atoms with E-state index in [-0.39, 0.29) is 17.5 Å². The van der Waals surface area contributed by atoms with E-state index >= 15 is 0 Å². The van der Waals surface area contributed by atoms with Crippen molar-refractivity contribution in [3.8, 4) is 0 Å². The van der Waals surface area contributed by atoms with Crippen LogP contribution in [0.1, 0.15) is 37.5 Å². The minimum Gasteiger partial charge on any atom is -0.352 e. The van der Waals surface area contributed by atoms with Gasteiger partial charge in [-0.3, -0.25) is 14.6 Å². The third-order valence-electron chi connectivity index (χ3n) is 4.43. The molecular formula is C23H23N3O2.